The lowest BCUT2D eigenvalue weighted by molar-refractivity contribution is -0.117. The molecule has 0 aromatic heterocycles. The molecule has 3 heteroatoms. The molecule has 0 aromatic rings. The van der Waals surface area contributed by atoms with Crippen molar-refractivity contribution in [2.75, 3.05) is 25.1 Å². The fourth-order valence-electron chi connectivity index (χ4n) is 1.49. The number of thioether (sulfide) groups is 1. The number of nitrogens with zero attached hydrogens (tertiary/aromatic N) is 1. The van der Waals surface area contributed by atoms with Crippen LogP contribution in [-0.4, -0.2) is 41.8 Å². The molecule has 12 heavy (non-hydrogen) atoms. The monoisotopic (exact) mass is 187 g/mol. The average Bonchev–Trinajstić information content (AvgIpc) is 2.16. The number of rotatable bonds is 2. The summed E-state index contributed by atoms with van der Waals surface area (Å²) in [5.41, 5.74) is 0. The van der Waals surface area contributed by atoms with Crippen molar-refractivity contribution in [3.8, 4) is 0 Å². The van der Waals surface area contributed by atoms with Crippen molar-refractivity contribution in [2.45, 2.75) is 25.8 Å². The minimum Gasteiger partial charge on any atom is -0.302 e. The first-order valence-corrected chi connectivity index (χ1v) is 5.63. The van der Waals surface area contributed by atoms with Crippen LogP contribution in [0, 0.1) is 0 Å². The Bertz CT molecular complexity index is 161. The summed E-state index contributed by atoms with van der Waals surface area (Å²) in [7, 11) is 2.12. The summed E-state index contributed by atoms with van der Waals surface area (Å²) in [4.78, 5) is 13.3. The van der Waals surface area contributed by atoms with Gasteiger partial charge in [0.15, 0.2) is 0 Å². The van der Waals surface area contributed by atoms with Gasteiger partial charge in [-0.3, -0.25) is 4.79 Å². The minimum atomic E-state index is 0.314. The SMILES string of the molecule is CC(=O)CC1CSCCCN1C. The van der Waals surface area contributed by atoms with Crippen molar-refractivity contribution in [3.05, 3.63) is 0 Å². The molecule has 0 aromatic carbocycles. The van der Waals surface area contributed by atoms with Crippen molar-refractivity contribution in [3.63, 3.8) is 0 Å². The lowest BCUT2D eigenvalue weighted by Crippen LogP contribution is -2.34. The van der Waals surface area contributed by atoms with Crippen molar-refractivity contribution < 1.29 is 4.79 Å². The Morgan fingerprint density at radius 1 is 1.67 bits per heavy atom. The standard InChI is InChI=1S/C9H17NOS/c1-8(11)6-9-7-12-5-3-4-10(9)2/h9H,3-7H2,1-2H3. The predicted molar refractivity (Wildman–Crippen MR) is 53.7 cm³/mol. The average molecular weight is 187 g/mol. The summed E-state index contributed by atoms with van der Waals surface area (Å²) in [6.45, 7) is 2.83. The maximum absolute atomic E-state index is 10.9. The zero-order valence-corrected chi connectivity index (χ0v) is 8.69. The number of hydrogen-bond donors (Lipinski definition) is 0. The quantitative estimate of drug-likeness (QED) is 0.652. The van der Waals surface area contributed by atoms with E-state index in [1.807, 2.05) is 11.8 Å². The van der Waals surface area contributed by atoms with Crippen molar-refractivity contribution in [2.24, 2.45) is 0 Å². The minimum absolute atomic E-state index is 0.314. The highest BCUT2D eigenvalue weighted by Crippen LogP contribution is 2.16. The van der Waals surface area contributed by atoms with Gasteiger partial charge in [0.1, 0.15) is 5.78 Å². The first-order chi connectivity index (χ1) is 5.70. The summed E-state index contributed by atoms with van der Waals surface area (Å²) in [6.07, 6.45) is 1.99. The topological polar surface area (TPSA) is 20.3 Å². The van der Waals surface area contributed by atoms with Gasteiger partial charge in [0.2, 0.25) is 0 Å². The molecule has 0 spiro atoms. The Morgan fingerprint density at radius 3 is 3.08 bits per heavy atom. The lowest BCUT2D eigenvalue weighted by atomic mass is 10.1. The van der Waals surface area contributed by atoms with Crippen molar-refractivity contribution in [1.29, 1.82) is 0 Å². The molecule has 1 unspecified atom stereocenters. The third-order valence-electron chi connectivity index (χ3n) is 2.26. The van der Waals surface area contributed by atoms with E-state index in [9.17, 15) is 4.79 Å². The molecular formula is C9H17NOS. The molecule has 1 saturated heterocycles. The highest BCUT2D eigenvalue weighted by molar-refractivity contribution is 7.99. The number of ketones is 1. The van der Waals surface area contributed by atoms with Crippen molar-refractivity contribution >= 4 is 17.5 Å². The van der Waals surface area contributed by atoms with Gasteiger partial charge in [0, 0.05) is 18.2 Å². The van der Waals surface area contributed by atoms with Gasteiger partial charge in [-0.1, -0.05) is 0 Å². The van der Waals surface area contributed by atoms with E-state index in [2.05, 4.69) is 11.9 Å². The second kappa shape index (κ2) is 4.87. The Hall–Kier alpha value is -0.0200. The van der Waals surface area contributed by atoms with E-state index in [1.54, 1.807) is 6.92 Å². The predicted octanol–water partition coefficient (Wildman–Crippen LogP) is 1.40. The smallest absolute Gasteiger partial charge is 0.131 e. The molecule has 0 saturated carbocycles. The van der Waals surface area contributed by atoms with E-state index < -0.39 is 0 Å². The summed E-state index contributed by atoms with van der Waals surface area (Å²) < 4.78 is 0. The largest absolute Gasteiger partial charge is 0.302 e. The Balaban J connectivity index is 2.41. The molecule has 1 rings (SSSR count). The highest BCUT2D eigenvalue weighted by atomic mass is 32.2. The van der Waals surface area contributed by atoms with Crippen LogP contribution in [0.15, 0.2) is 0 Å². The van der Waals surface area contributed by atoms with Crippen LogP contribution in [-0.2, 0) is 4.79 Å². The normalized spacial score (nSPS) is 26.7. The molecule has 0 radical (unpaired) electrons. The Labute approximate surface area is 78.7 Å². The lowest BCUT2D eigenvalue weighted by Gasteiger charge is -2.23. The molecule has 2 nitrogen and oxygen atoms in total. The fourth-order valence-corrected chi connectivity index (χ4v) is 2.64. The van der Waals surface area contributed by atoms with Crippen LogP contribution in [0.25, 0.3) is 0 Å². The number of hydrogen-bond acceptors (Lipinski definition) is 3. The van der Waals surface area contributed by atoms with Crippen LogP contribution in [0.5, 0.6) is 0 Å². The van der Waals surface area contributed by atoms with Crippen LogP contribution >= 0.6 is 11.8 Å². The molecule has 0 amide bonds. The van der Waals surface area contributed by atoms with E-state index in [4.69, 9.17) is 0 Å². The molecule has 1 aliphatic heterocycles. The van der Waals surface area contributed by atoms with Gasteiger partial charge in [-0.25, -0.2) is 0 Å². The Kier molecular flexibility index (Phi) is 4.09. The van der Waals surface area contributed by atoms with Gasteiger partial charge in [-0.15, -0.1) is 0 Å². The molecule has 1 aliphatic rings. The summed E-state index contributed by atoms with van der Waals surface area (Å²) in [6, 6.07) is 0.481. The molecule has 1 heterocycles. The molecule has 1 fully saturated rings. The summed E-state index contributed by atoms with van der Waals surface area (Å²) in [5.74, 6) is 2.68. The van der Waals surface area contributed by atoms with Gasteiger partial charge in [0.25, 0.3) is 0 Å². The molecular weight excluding hydrogens is 170 g/mol. The molecule has 70 valence electrons. The molecule has 0 bridgehead atoms. The van der Waals surface area contributed by atoms with Gasteiger partial charge >= 0.3 is 0 Å². The number of carbonyl (C=O) groups excluding carboxylic acids is 1. The van der Waals surface area contributed by atoms with Gasteiger partial charge in [-0.05, 0) is 32.7 Å². The van der Waals surface area contributed by atoms with Crippen LogP contribution in [0.2, 0.25) is 0 Å². The van der Waals surface area contributed by atoms with Gasteiger partial charge in [0.05, 0.1) is 0 Å². The first-order valence-electron chi connectivity index (χ1n) is 4.47. The zero-order valence-electron chi connectivity index (χ0n) is 7.88. The summed E-state index contributed by atoms with van der Waals surface area (Å²) >= 11 is 1.98. The fraction of sp³-hybridized carbons (Fsp3) is 0.889. The second-order valence-corrected chi connectivity index (χ2v) is 4.62. The van der Waals surface area contributed by atoms with Crippen LogP contribution in [0.4, 0.5) is 0 Å². The molecule has 1 atom stereocenters. The van der Waals surface area contributed by atoms with Crippen LogP contribution in [0.3, 0.4) is 0 Å². The second-order valence-electron chi connectivity index (χ2n) is 3.47. The maximum Gasteiger partial charge on any atom is 0.131 e. The number of carbonyl (C=O) groups is 1. The highest BCUT2D eigenvalue weighted by Gasteiger charge is 2.18. The Morgan fingerprint density at radius 2 is 2.42 bits per heavy atom. The molecule has 0 aliphatic carbocycles. The maximum atomic E-state index is 10.9. The van der Waals surface area contributed by atoms with Crippen LogP contribution in [0.1, 0.15) is 19.8 Å². The molecule has 0 N–H and O–H groups in total. The third-order valence-corrected chi connectivity index (χ3v) is 3.45. The van der Waals surface area contributed by atoms with E-state index >= 15 is 0 Å². The first kappa shape index (κ1) is 10.1. The van der Waals surface area contributed by atoms with E-state index in [0.29, 0.717) is 11.8 Å². The number of Topliss-reactive ketones (excluding diaryl/α,β-unsaturated/α-hetero) is 1. The van der Waals surface area contributed by atoms with E-state index in [-0.39, 0.29) is 0 Å². The summed E-state index contributed by atoms with van der Waals surface area (Å²) in [5, 5.41) is 0. The van der Waals surface area contributed by atoms with Gasteiger partial charge in [-0.2, -0.15) is 11.8 Å². The van der Waals surface area contributed by atoms with E-state index in [0.717, 1.165) is 18.7 Å². The van der Waals surface area contributed by atoms with Gasteiger partial charge < -0.3 is 4.90 Å². The van der Waals surface area contributed by atoms with E-state index in [1.165, 1.54) is 12.2 Å². The van der Waals surface area contributed by atoms with Crippen LogP contribution < -0.4 is 0 Å². The van der Waals surface area contributed by atoms with Crippen molar-refractivity contribution in [1.82, 2.24) is 4.90 Å². The third kappa shape index (κ3) is 3.15. The zero-order chi connectivity index (χ0) is 8.97.